The van der Waals surface area contributed by atoms with Gasteiger partial charge in [-0.1, -0.05) is 59.6 Å². The fourth-order valence-electron chi connectivity index (χ4n) is 14.2. The molecular weight excluding hydrogens is 1200 g/mol. The summed E-state index contributed by atoms with van der Waals surface area (Å²) in [5.74, 6) is 1.03. The number of carbonyl (C=O) groups excluding carboxylic acids is 6. The largest absolute Gasteiger partial charge is 0.457 e. The van der Waals surface area contributed by atoms with Crippen molar-refractivity contribution in [3.8, 4) is 17.1 Å². The maximum atomic E-state index is 14.5. The smallest absolute Gasteiger partial charge is 0.415 e. The molecule has 0 spiro atoms. The molecule has 512 valence electrons. The summed E-state index contributed by atoms with van der Waals surface area (Å²) in [5.41, 5.74) is 7.24. The lowest BCUT2D eigenvalue weighted by Crippen LogP contribution is -2.59. The van der Waals surface area contributed by atoms with E-state index in [1.165, 1.54) is 19.3 Å². The number of fused-ring (bicyclic) bond motifs is 5. The molecular formula is C71H107N11O10S. The van der Waals surface area contributed by atoms with E-state index in [-0.39, 0.29) is 72.4 Å². The van der Waals surface area contributed by atoms with E-state index < -0.39 is 28.6 Å². The molecule has 0 saturated carbocycles. The van der Waals surface area contributed by atoms with Crippen LogP contribution in [0.2, 0.25) is 0 Å². The van der Waals surface area contributed by atoms with Gasteiger partial charge in [0.15, 0.2) is 0 Å². The van der Waals surface area contributed by atoms with Gasteiger partial charge in [0.1, 0.15) is 12.4 Å². The highest BCUT2D eigenvalue weighted by molar-refractivity contribution is 7.99. The topological polar surface area (TPSA) is 238 Å². The SMILES string of the molecule is CCC(=O)N(CCSCCN)C(C)(C)CCN(C(=O)CC)C(C)(C)C(C)(C)CCN(C(=O)CCCc1cn(CCCCCC(=O)O[C@]2(CC)C(=O)OCc3c2cc2n(c3=O)Cc3c-2nc2ccc(OC(=O)N4CCC(N5CCCCC5)CC4)cc2c3CC)nn1)C(C)C. The molecule has 0 radical (unpaired) electrons. The lowest BCUT2D eigenvalue weighted by atomic mass is 9.70. The molecule has 93 heavy (non-hydrogen) atoms. The summed E-state index contributed by atoms with van der Waals surface area (Å²) < 4.78 is 21.2. The molecule has 4 aromatic rings. The number of carbonyl (C=O) groups is 6. The molecule has 4 aliphatic rings. The molecule has 2 saturated heterocycles. The van der Waals surface area contributed by atoms with Crippen molar-refractivity contribution in [2.24, 2.45) is 11.1 Å². The molecule has 2 N–H and O–H groups in total. The Labute approximate surface area is 555 Å². The van der Waals surface area contributed by atoms with Gasteiger partial charge in [-0.2, -0.15) is 11.8 Å². The highest BCUT2D eigenvalue weighted by Crippen LogP contribution is 2.44. The minimum absolute atomic E-state index is 0.0209. The van der Waals surface area contributed by atoms with E-state index >= 15 is 0 Å². The third kappa shape index (κ3) is 16.6. The molecule has 21 nitrogen and oxygen atoms in total. The number of hydrogen-bond donors (Lipinski definition) is 1. The van der Waals surface area contributed by atoms with Gasteiger partial charge >= 0.3 is 18.0 Å². The zero-order valence-corrected chi connectivity index (χ0v) is 58.8. The van der Waals surface area contributed by atoms with Crippen molar-refractivity contribution < 1.29 is 43.0 Å². The predicted molar refractivity (Wildman–Crippen MR) is 364 cm³/mol. The molecule has 7 heterocycles. The number of rotatable bonds is 32. The highest BCUT2D eigenvalue weighted by Gasteiger charge is 2.51. The highest BCUT2D eigenvalue weighted by atomic mass is 32.2. The van der Waals surface area contributed by atoms with Crippen LogP contribution in [-0.4, -0.2) is 172 Å². The Morgan fingerprint density at radius 1 is 0.817 bits per heavy atom. The molecule has 4 amide bonds. The molecule has 0 bridgehead atoms. The van der Waals surface area contributed by atoms with E-state index in [2.05, 4.69) is 63.7 Å². The van der Waals surface area contributed by atoms with Gasteiger partial charge in [0.05, 0.1) is 34.7 Å². The number of thioether (sulfide) groups is 1. The van der Waals surface area contributed by atoms with E-state index in [4.69, 9.17) is 24.9 Å². The van der Waals surface area contributed by atoms with Crippen molar-refractivity contribution in [1.82, 2.24) is 49.0 Å². The number of likely N-dealkylation sites (tertiary alicyclic amines) is 2. The third-order valence-corrected chi connectivity index (χ3v) is 21.8. The van der Waals surface area contributed by atoms with Gasteiger partial charge in [-0.05, 0) is 167 Å². The van der Waals surface area contributed by atoms with Crippen LogP contribution in [0.25, 0.3) is 22.3 Å². The lowest BCUT2D eigenvalue weighted by molar-refractivity contribution is -0.189. The molecule has 1 aromatic carbocycles. The third-order valence-electron chi connectivity index (χ3n) is 20.8. The van der Waals surface area contributed by atoms with E-state index in [1.54, 1.807) is 45.0 Å². The standard InChI is InChI=1S/C71H107N11O10S/c1-13-53-54-44-52(91-67(89)77-37-29-51(30-38-77)76-34-20-18-21-35-76)27-28-58(54)73-64-55(53)47-80-59(64)45-57-56(65(80)87)48-90-66(88)71(57,16-4)92-63(86)26-19-17-22-36-78-46-50(74-75-78)24-23-25-62(85)79(49(5)6)39-31-68(7,8)70(11,12)82(61(84)15-3)40-32-69(9,10)81(60(83)14-2)41-43-93-42-33-72/h27-28,44-46,49,51H,13-26,29-43,47-48,72H2,1-12H3/t71-/m0/s1. The average Bonchev–Trinajstić information content (AvgIpc) is 1.65. The summed E-state index contributed by atoms with van der Waals surface area (Å²) in [6.45, 7) is 30.9. The van der Waals surface area contributed by atoms with Gasteiger partial charge in [-0.25, -0.2) is 14.6 Å². The Balaban J connectivity index is 0.809. The van der Waals surface area contributed by atoms with Crippen LogP contribution in [0, 0.1) is 5.41 Å². The fourth-order valence-corrected chi connectivity index (χ4v) is 14.9. The average molecular weight is 1310 g/mol. The number of unbranched alkanes of at least 4 members (excludes halogenated alkanes) is 2. The molecule has 0 unspecified atom stereocenters. The fraction of sp³-hybridized carbons (Fsp3) is 0.690. The van der Waals surface area contributed by atoms with Gasteiger partial charge in [-0.3, -0.25) is 28.7 Å². The van der Waals surface area contributed by atoms with Crippen LogP contribution in [0.3, 0.4) is 0 Å². The molecule has 22 heteroatoms. The number of nitrogens with zero attached hydrogens (tertiary/aromatic N) is 10. The van der Waals surface area contributed by atoms with Gasteiger partial charge < -0.3 is 49.0 Å². The van der Waals surface area contributed by atoms with Gasteiger partial charge in [-0.15, -0.1) is 5.10 Å². The number of esters is 2. The minimum atomic E-state index is -1.82. The monoisotopic (exact) mass is 1310 g/mol. The van der Waals surface area contributed by atoms with Gasteiger partial charge in [0.25, 0.3) is 5.56 Å². The number of aryl methyl sites for hydroxylation is 3. The summed E-state index contributed by atoms with van der Waals surface area (Å²) >= 11 is 1.75. The second-order valence-corrected chi connectivity index (χ2v) is 29.2. The maximum Gasteiger partial charge on any atom is 0.415 e. The summed E-state index contributed by atoms with van der Waals surface area (Å²) in [7, 11) is 0. The first-order valence-electron chi connectivity index (χ1n) is 34.7. The molecule has 4 aliphatic heterocycles. The molecule has 3 aromatic heterocycles. The Morgan fingerprint density at radius 3 is 2.22 bits per heavy atom. The predicted octanol–water partition coefficient (Wildman–Crippen LogP) is 10.6. The number of hydrogen-bond acceptors (Lipinski definition) is 16. The van der Waals surface area contributed by atoms with E-state index in [9.17, 15) is 33.6 Å². The van der Waals surface area contributed by atoms with Gasteiger partial charge in [0, 0.05) is 129 Å². The van der Waals surface area contributed by atoms with Crippen LogP contribution in [0.4, 0.5) is 4.79 Å². The second kappa shape index (κ2) is 31.9. The zero-order valence-electron chi connectivity index (χ0n) is 58.0. The van der Waals surface area contributed by atoms with Crippen LogP contribution >= 0.6 is 11.8 Å². The number of amides is 4. The first-order chi connectivity index (χ1) is 44.3. The molecule has 1 atom stereocenters. The van der Waals surface area contributed by atoms with Crippen molar-refractivity contribution in [3.63, 3.8) is 0 Å². The van der Waals surface area contributed by atoms with Crippen molar-refractivity contribution in [3.05, 3.63) is 68.8 Å². The van der Waals surface area contributed by atoms with Crippen molar-refractivity contribution in [1.29, 1.82) is 0 Å². The number of piperidine rings is 2. The van der Waals surface area contributed by atoms with Crippen LogP contribution in [-0.2, 0) is 71.6 Å². The van der Waals surface area contributed by atoms with Gasteiger partial charge in [0.2, 0.25) is 23.3 Å². The number of aromatic nitrogens is 5. The Bertz CT molecular complexity index is 3340. The molecule has 0 aliphatic carbocycles. The van der Waals surface area contributed by atoms with E-state index in [0.29, 0.717) is 151 Å². The quantitative estimate of drug-likeness (QED) is 0.0311. The lowest BCUT2D eigenvalue weighted by Gasteiger charge is -2.51. The van der Waals surface area contributed by atoms with Crippen molar-refractivity contribution >= 4 is 58.4 Å². The summed E-state index contributed by atoms with van der Waals surface area (Å²) in [6, 6.07) is 7.75. The number of pyridine rings is 2. The molecule has 2 fully saturated rings. The van der Waals surface area contributed by atoms with E-state index in [1.807, 2.05) is 60.7 Å². The number of cyclic esters (lactones) is 1. The van der Waals surface area contributed by atoms with Crippen molar-refractivity contribution in [2.45, 2.75) is 247 Å². The van der Waals surface area contributed by atoms with Crippen LogP contribution in [0.5, 0.6) is 5.75 Å². The minimum Gasteiger partial charge on any atom is -0.457 e. The van der Waals surface area contributed by atoms with Crippen LogP contribution in [0.1, 0.15) is 214 Å². The number of ether oxygens (including phenoxy) is 3. The normalized spacial score (nSPS) is 17.1. The Kier molecular flexibility index (Phi) is 24.8. The van der Waals surface area contributed by atoms with Crippen molar-refractivity contribution in [2.75, 3.05) is 63.9 Å². The zero-order chi connectivity index (χ0) is 67.4. The summed E-state index contributed by atoms with van der Waals surface area (Å²) in [5, 5.41) is 9.59. The Morgan fingerprint density at radius 2 is 1.54 bits per heavy atom. The van der Waals surface area contributed by atoms with Crippen LogP contribution in [0.15, 0.2) is 35.3 Å². The first-order valence-corrected chi connectivity index (χ1v) is 35.9. The number of nitrogens with two attached hydrogens (primary N) is 1. The Hall–Kier alpha value is -6.39. The first kappa shape index (κ1) is 72.4. The van der Waals surface area contributed by atoms with E-state index in [0.717, 1.165) is 59.6 Å². The molecule has 8 rings (SSSR count). The maximum absolute atomic E-state index is 14.5. The number of benzene rings is 1. The second-order valence-electron chi connectivity index (χ2n) is 27.9. The summed E-state index contributed by atoms with van der Waals surface area (Å²) in [4.78, 5) is 112. The van der Waals surface area contributed by atoms with Crippen LogP contribution < -0.4 is 16.0 Å². The summed E-state index contributed by atoms with van der Waals surface area (Å²) in [6.07, 6.45) is 13.4.